The molecule has 39 heavy (non-hydrogen) atoms. The number of rotatable bonds is 8. The number of aliphatic hydroxyl groups is 1. The molecule has 1 atom stereocenters. The SMILES string of the molecule is COc1cc(N2CCC(N3CCN(C)CC3)CC2)ccc1Nc1ncc(Cl)c(Nc2ccccc2C(C)O)n1. The molecule has 0 bridgehead atoms. The number of para-hydroxylation sites is 1. The third kappa shape index (κ3) is 6.55. The zero-order valence-corrected chi connectivity index (χ0v) is 23.7. The first-order chi connectivity index (χ1) is 18.9. The minimum absolute atomic E-state index is 0.378. The molecule has 2 aliphatic heterocycles. The molecule has 2 fully saturated rings. The van der Waals surface area contributed by atoms with E-state index in [1.807, 2.05) is 30.3 Å². The summed E-state index contributed by atoms with van der Waals surface area (Å²) in [6.07, 6.45) is 3.28. The van der Waals surface area contributed by atoms with Crippen molar-refractivity contribution in [3.8, 4) is 5.75 Å². The summed E-state index contributed by atoms with van der Waals surface area (Å²) < 4.78 is 5.74. The van der Waals surface area contributed by atoms with Crippen LogP contribution in [0.15, 0.2) is 48.7 Å². The second-order valence-corrected chi connectivity index (χ2v) is 10.8. The van der Waals surface area contributed by atoms with Gasteiger partial charge >= 0.3 is 0 Å². The topological polar surface area (TPSA) is 89.0 Å². The summed E-state index contributed by atoms with van der Waals surface area (Å²) in [6, 6.07) is 14.4. The lowest BCUT2D eigenvalue weighted by Crippen LogP contribution is -2.52. The van der Waals surface area contributed by atoms with Gasteiger partial charge in [0, 0.05) is 68.3 Å². The summed E-state index contributed by atoms with van der Waals surface area (Å²) >= 11 is 6.40. The summed E-state index contributed by atoms with van der Waals surface area (Å²) in [4.78, 5) is 16.5. The Bertz CT molecular complexity index is 1260. The summed E-state index contributed by atoms with van der Waals surface area (Å²) in [5.41, 5.74) is 3.42. The van der Waals surface area contributed by atoms with Gasteiger partial charge in [0.15, 0.2) is 5.82 Å². The number of piperazine rings is 1. The number of hydrogen-bond acceptors (Lipinski definition) is 9. The molecule has 1 unspecified atom stereocenters. The van der Waals surface area contributed by atoms with Crippen molar-refractivity contribution >= 4 is 40.4 Å². The van der Waals surface area contributed by atoms with Gasteiger partial charge in [0.05, 0.1) is 25.1 Å². The predicted octanol–water partition coefficient (Wildman–Crippen LogP) is 4.90. The van der Waals surface area contributed by atoms with Crippen LogP contribution >= 0.6 is 11.6 Å². The number of nitrogens with one attached hydrogen (secondary N) is 2. The maximum atomic E-state index is 10.1. The van der Waals surface area contributed by atoms with E-state index in [0.717, 1.165) is 54.6 Å². The molecule has 0 radical (unpaired) electrons. The fourth-order valence-corrected chi connectivity index (χ4v) is 5.53. The van der Waals surface area contributed by atoms with E-state index in [2.05, 4.69) is 54.5 Å². The lowest BCUT2D eigenvalue weighted by molar-refractivity contribution is 0.0982. The van der Waals surface area contributed by atoms with Crippen molar-refractivity contribution in [3.63, 3.8) is 0 Å². The second kappa shape index (κ2) is 12.4. The zero-order valence-electron chi connectivity index (χ0n) is 22.9. The van der Waals surface area contributed by atoms with Gasteiger partial charge in [-0.05, 0) is 45.0 Å². The summed E-state index contributed by atoms with van der Waals surface area (Å²) in [5.74, 6) is 1.55. The third-order valence-corrected chi connectivity index (χ3v) is 8.00. The van der Waals surface area contributed by atoms with Crippen molar-refractivity contribution in [1.29, 1.82) is 0 Å². The largest absolute Gasteiger partial charge is 0.494 e. The van der Waals surface area contributed by atoms with Crippen LogP contribution in [0.3, 0.4) is 0 Å². The van der Waals surface area contributed by atoms with Crippen molar-refractivity contribution in [2.24, 2.45) is 0 Å². The molecule has 3 heterocycles. The Hall–Kier alpha value is -3.11. The Morgan fingerprint density at radius 3 is 2.46 bits per heavy atom. The normalized spacial score (nSPS) is 18.1. The number of methoxy groups -OCH3 is 1. The van der Waals surface area contributed by atoms with Crippen molar-refractivity contribution in [1.82, 2.24) is 19.8 Å². The molecule has 3 aromatic rings. The summed E-state index contributed by atoms with van der Waals surface area (Å²) in [5, 5.41) is 17.0. The number of ether oxygens (including phenoxy) is 1. The highest BCUT2D eigenvalue weighted by Crippen LogP contribution is 2.34. The molecule has 9 nitrogen and oxygen atoms in total. The molecule has 0 amide bonds. The Balaban J connectivity index is 1.26. The smallest absolute Gasteiger partial charge is 0.229 e. The van der Waals surface area contributed by atoms with Crippen LogP contribution < -0.4 is 20.3 Å². The second-order valence-electron chi connectivity index (χ2n) is 10.3. The highest BCUT2D eigenvalue weighted by Gasteiger charge is 2.27. The van der Waals surface area contributed by atoms with E-state index in [0.29, 0.717) is 22.8 Å². The number of anilines is 5. The van der Waals surface area contributed by atoms with Crippen molar-refractivity contribution in [2.45, 2.75) is 31.9 Å². The molecule has 0 saturated carbocycles. The van der Waals surface area contributed by atoms with Gasteiger partial charge in [0.1, 0.15) is 10.8 Å². The molecular weight excluding hydrogens is 514 g/mol. The molecule has 10 heteroatoms. The minimum Gasteiger partial charge on any atom is -0.494 e. The summed E-state index contributed by atoms with van der Waals surface area (Å²) in [6.45, 7) is 8.47. The maximum absolute atomic E-state index is 10.1. The fraction of sp³-hybridized carbons (Fsp3) is 0.448. The summed E-state index contributed by atoms with van der Waals surface area (Å²) in [7, 11) is 3.88. The first-order valence-corrected chi connectivity index (χ1v) is 14.0. The molecule has 3 N–H and O–H groups in total. The molecule has 2 aromatic carbocycles. The van der Waals surface area contributed by atoms with Crippen LogP contribution in [0.4, 0.5) is 28.8 Å². The maximum Gasteiger partial charge on any atom is 0.229 e. The molecule has 0 aliphatic carbocycles. The molecule has 2 saturated heterocycles. The molecular formula is C29H38ClN7O2. The Morgan fingerprint density at radius 2 is 1.74 bits per heavy atom. The average molecular weight is 552 g/mol. The van der Waals surface area contributed by atoms with E-state index >= 15 is 0 Å². The number of piperidine rings is 1. The standard InChI is InChI=1S/C29H38ClN7O2/c1-20(38)23-6-4-5-7-25(23)32-28-24(30)19-31-29(34-28)33-26-9-8-22(18-27(26)39-3)36-12-10-21(11-13-36)37-16-14-35(2)15-17-37/h4-9,18-21,38H,10-17H2,1-3H3,(H2,31,32,33,34). The lowest BCUT2D eigenvalue weighted by atomic mass is 10.0. The van der Waals surface area contributed by atoms with E-state index in [4.69, 9.17) is 16.3 Å². The van der Waals surface area contributed by atoms with Crippen molar-refractivity contribution in [2.75, 3.05) is 69.0 Å². The van der Waals surface area contributed by atoms with Gasteiger partial charge < -0.3 is 30.3 Å². The quantitative estimate of drug-likeness (QED) is 0.362. The van der Waals surface area contributed by atoms with E-state index in [1.165, 1.54) is 25.9 Å². The first kappa shape index (κ1) is 27.5. The van der Waals surface area contributed by atoms with E-state index in [1.54, 1.807) is 20.2 Å². The van der Waals surface area contributed by atoms with Gasteiger partial charge in [-0.15, -0.1) is 0 Å². The zero-order chi connectivity index (χ0) is 27.4. The van der Waals surface area contributed by atoms with Crippen LogP contribution in [-0.4, -0.2) is 84.3 Å². The number of hydrogen-bond donors (Lipinski definition) is 3. The minimum atomic E-state index is -0.632. The number of aliphatic hydroxyl groups excluding tert-OH is 1. The number of likely N-dealkylation sites (N-methyl/N-ethyl adjacent to an activating group) is 1. The van der Waals surface area contributed by atoms with Gasteiger partial charge in [0.2, 0.25) is 5.95 Å². The number of benzene rings is 2. The molecule has 2 aliphatic rings. The molecule has 0 spiro atoms. The Kier molecular flexibility index (Phi) is 8.72. The molecule has 1 aromatic heterocycles. The van der Waals surface area contributed by atoms with Crippen LogP contribution in [0.2, 0.25) is 5.02 Å². The van der Waals surface area contributed by atoms with Gasteiger partial charge in [0.25, 0.3) is 0 Å². The van der Waals surface area contributed by atoms with E-state index in [-0.39, 0.29) is 0 Å². The molecule has 5 rings (SSSR count). The number of halogens is 1. The van der Waals surface area contributed by atoms with Gasteiger partial charge in [-0.25, -0.2) is 4.98 Å². The number of nitrogens with zero attached hydrogens (tertiary/aromatic N) is 5. The van der Waals surface area contributed by atoms with Gasteiger partial charge in [-0.3, -0.25) is 4.90 Å². The Labute approximate surface area is 235 Å². The van der Waals surface area contributed by atoms with E-state index in [9.17, 15) is 5.11 Å². The highest BCUT2D eigenvalue weighted by atomic mass is 35.5. The van der Waals surface area contributed by atoms with Crippen LogP contribution in [0.1, 0.15) is 31.4 Å². The monoisotopic (exact) mass is 551 g/mol. The third-order valence-electron chi connectivity index (χ3n) is 7.72. The van der Waals surface area contributed by atoms with Crippen molar-refractivity contribution < 1.29 is 9.84 Å². The van der Waals surface area contributed by atoms with Gasteiger partial charge in [-0.2, -0.15) is 4.98 Å². The van der Waals surface area contributed by atoms with Gasteiger partial charge in [-0.1, -0.05) is 29.8 Å². The first-order valence-electron chi connectivity index (χ1n) is 13.6. The predicted molar refractivity (Wildman–Crippen MR) is 158 cm³/mol. The highest BCUT2D eigenvalue weighted by molar-refractivity contribution is 6.32. The van der Waals surface area contributed by atoms with E-state index < -0.39 is 6.10 Å². The fourth-order valence-electron chi connectivity index (χ4n) is 5.39. The van der Waals surface area contributed by atoms with Crippen LogP contribution in [-0.2, 0) is 0 Å². The van der Waals surface area contributed by atoms with Crippen LogP contribution in [0, 0.1) is 0 Å². The van der Waals surface area contributed by atoms with Crippen molar-refractivity contribution in [3.05, 3.63) is 59.2 Å². The van der Waals surface area contributed by atoms with Crippen LogP contribution in [0.25, 0.3) is 0 Å². The number of aromatic nitrogens is 2. The molecule has 208 valence electrons. The lowest BCUT2D eigenvalue weighted by Gasteiger charge is -2.42. The Morgan fingerprint density at radius 1 is 1.00 bits per heavy atom. The average Bonchev–Trinajstić information content (AvgIpc) is 2.96. The van der Waals surface area contributed by atoms with Crippen LogP contribution in [0.5, 0.6) is 5.75 Å².